The SMILES string of the molecule is Cc1cc(CNC(C)c2ccc(Br)cc2)no1. The summed E-state index contributed by atoms with van der Waals surface area (Å²) in [6.07, 6.45) is 0. The van der Waals surface area contributed by atoms with Gasteiger partial charge in [-0.1, -0.05) is 33.2 Å². The Hall–Kier alpha value is -1.13. The lowest BCUT2D eigenvalue weighted by atomic mass is 10.1. The summed E-state index contributed by atoms with van der Waals surface area (Å²) in [6.45, 7) is 4.75. The highest BCUT2D eigenvalue weighted by atomic mass is 79.9. The number of nitrogens with one attached hydrogen (secondary N) is 1. The second kappa shape index (κ2) is 5.47. The van der Waals surface area contributed by atoms with Gasteiger partial charge >= 0.3 is 0 Å². The summed E-state index contributed by atoms with van der Waals surface area (Å²) in [6, 6.07) is 10.6. The summed E-state index contributed by atoms with van der Waals surface area (Å²) in [5, 5.41) is 7.36. The molecule has 0 saturated carbocycles. The Morgan fingerprint density at radius 1 is 1.35 bits per heavy atom. The van der Waals surface area contributed by atoms with Gasteiger partial charge in [-0.25, -0.2) is 0 Å². The predicted octanol–water partition coefficient (Wildman–Crippen LogP) is 3.60. The van der Waals surface area contributed by atoms with Crippen molar-refractivity contribution in [2.45, 2.75) is 26.4 Å². The van der Waals surface area contributed by atoms with E-state index in [0.29, 0.717) is 12.6 Å². The molecule has 0 aliphatic carbocycles. The van der Waals surface area contributed by atoms with Gasteiger partial charge in [-0.05, 0) is 31.5 Å². The molecule has 4 heteroatoms. The van der Waals surface area contributed by atoms with Crippen LogP contribution in [0.3, 0.4) is 0 Å². The van der Waals surface area contributed by atoms with Gasteiger partial charge in [0.2, 0.25) is 0 Å². The Balaban J connectivity index is 1.93. The van der Waals surface area contributed by atoms with Crippen LogP contribution < -0.4 is 5.32 Å². The molecule has 0 aliphatic rings. The smallest absolute Gasteiger partial charge is 0.133 e. The molecule has 0 spiro atoms. The van der Waals surface area contributed by atoms with Gasteiger partial charge in [0, 0.05) is 23.1 Å². The van der Waals surface area contributed by atoms with E-state index < -0.39 is 0 Å². The second-order valence-corrected chi connectivity index (χ2v) is 5.00. The standard InChI is InChI=1S/C13H15BrN2O/c1-9-7-13(16-17-9)8-15-10(2)11-3-5-12(14)6-4-11/h3-7,10,15H,8H2,1-2H3. The molecule has 1 N–H and O–H groups in total. The van der Waals surface area contributed by atoms with E-state index in [9.17, 15) is 0 Å². The van der Waals surface area contributed by atoms with Crippen molar-refractivity contribution >= 4 is 15.9 Å². The topological polar surface area (TPSA) is 38.1 Å². The molecule has 1 heterocycles. The molecule has 0 aliphatic heterocycles. The second-order valence-electron chi connectivity index (χ2n) is 4.08. The van der Waals surface area contributed by atoms with Crippen LogP contribution in [0.25, 0.3) is 0 Å². The van der Waals surface area contributed by atoms with E-state index in [1.807, 2.05) is 25.1 Å². The first-order valence-electron chi connectivity index (χ1n) is 5.56. The third-order valence-corrected chi connectivity index (χ3v) is 3.16. The number of benzene rings is 1. The van der Waals surface area contributed by atoms with E-state index in [1.54, 1.807) is 0 Å². The first kappa shape index (κ1) is 12.3. The van der Waals surface area contributed by atoms with Crippen molar-refractivity contribution in [3.05, 3.63) is 51.8 Å². The Kier molecular flexibility index (Phi) is 3.97. The summed E-state index contributed by atoms with van der Waals surface area (Å²) in [4.78, 5) is 0. The van der Waals surface area contributed by atoms with Crippen LogP contribution in [0.15, 0.2) is 39.3 Å². The maximum atomic E-state index is 5.02. The van der Waals surface area contributed by atoms with Gasteiger partial charge in [0.15, 0.2) is 0 Å². The minimum absolute atomic E-state index is 0.292. The number of halogens is 1. The number of hydrogen-bond donors (Lipinski definition) is 1. The van der Waals surface area contributed by atoms with Crippen LogP contribution >= 0.6 is 15.9 Å². The molecular formula is C13H15BrN2O. The third kappa shape index (κ3) is 3.41. The zero-order valence-electron chi connectivity index (χ0n) is 9.90. The van der Waals surface area contributed by atoms with E-state index in [0.717, 1.165) is 15.9 Å². The molecular weight excluding hydrogens is 280 g/mol. The van der Waals surface area contributed by atoms with E-state index in [-0.39, 0.29) is 0 Å². The van der Waals surface area contributed by atoms with Crippen molar-refractivity contribution in [1.82, 2.24) is 10.5 Å². The highest BCUT2D eigenvalue weighted by Gasteiger charge is 2.06. The van der Waals surface area contributed by atoms with E-state index in [4.69, 9.17) is 4.52 Å². The summed E-state index contributed by atoms with van der Waals surface area (Å²) in [5.74, 6) is 0.845. The van der Waals surface area contributed by atoms with Gasteiger partial charge < -0.3 is 9.84 Å². The van der Waals surface area contributed by atoms with Crippen LogP contribution in [0.1, 0.15) is 30.0 Å². The fourth-order valence-corrected chi connectivity index (χ4v) is 1.89. The van der Waals surface area contributed by atoms with E-state index >= 15 is 0 Å². The molecule has 2 rings (SSSR count). The van der Waals surface area contributed by atoms with E-state index in [2.05, 4.69) is 45.5 Å². The van der Waals surface area contributed by atoms with Crippen LogP contribution in [0.2, 0.25) is 0 Å². The Morgan fingerprint density at radius 2 is 2.06 bits per heavy atom. The van der Waals surface area contributed by atoms with Crippen molar-refractivity contribution in [2.75, 3.05) is 0 Å². The molecule has 0 saturated heterocycles. The molecule has 1 atom stereocenters. The number of aromatic nitrogens is 1. The number of aryl methyl sites for hydroxylation is 1. The van der Waals surface area contributed by atoms with Crippen LogP contribution in [-0.2, 0) is 6.54 Å². The van der Waals surface area contributed by atoms with Gasteiger partial charge in [0.1, 0.15) is 5.76 Å². The fraction of sp³-hybridized carbons (Fsp3) is 0.308. The molecule has 90 valence electrons. The van der Waals surface area contributed by atoms with Gasteiger partial charge in [-0.2, -0.15) is 0 Å². The molecule has 0 amide bonds. The monoisotopic (exact) mass is 294 g/mol. The molecule has 0 fully saturated rings. The van der Waals surface area contributed by atoms with Crippen LogP contribution in [0, 0.1) is 6.92 Å². The number of nitrogens with zero attached hydrogens (tertiary/aromatic N) is 1. The Morgan fingerprint density at radius 3 is 2.65 bits per heavy atom. The van der Waals surface area contributed by atoms with Gasteiger partial charge in [0.25, 0.3) is 0 Å². The normalized spacial score (nSPS) is 12.6. The average molecular weight is 295 g/mol. The number of hydrogen-bond acceptors (Lipinski definition) is 3. The summed E-state index contributed by atoms with van der Waals surface area (Å²) < 4.78 is 6.12. The zero-order chi connectivity index (χ0) is 12.3. The van der Waals surface area contributed by atoms with Gasteiger partial charge in [0.05, 0.1) is 5.69 Å². The molecule has 3 nitrogen and oxygen atoms in total. The fourth-order valence-electron chi connectivity index (χ4n) is 1.63. The minimum atomic E-state index is 0.292. The van der Waals surface area contributed by atoms with E-state index in [1.165, 1.54) is 5.56 Å². The average Bonchev–Trinajstić information content (AvgIpc) is 2.73. The molecule has 2 aromatic rings. The van der Waals surface area contributed by atoms with Crippen molar-refractivity contribution in [2.24, 2.45) is 0 Å². The van der Waals surface area contributed by atoms with Crippen molar-refractivity contribution in [3.8, 4) is 0 Å². The van der Waals surface area contributed by atoms with Gasteiger partial charge in [-0.3, -0.25) is 0 Å². The molecule has 1 aromatic carbocycles. The predicted molar refractivity (Wildman–Crippen MR) is 70.6 cm³/mol. The first-order chi connectivity index (χ1) is 8.15. The molecule has 0 bridgehead atoms. The highest BCUT2D eigenvalue weighted by molar-refractivity contribution is 9.10. The van der Waals surface area contributed by atoms with Gasteiger partial charge in [-0.15, -0.1) is 0 Å². The van der Waals surface area contributed by atoms with Crippen molar-refractivity contribution in [1.29, 1.82) is 0 Å². The summed E-state index contributed by atoms with van der Waals surface area (Å²) in [5.41, 5.74) is 2.19. The Bertz CT molecular complexity index is 478. The number of rotatable bonds is 4. The lowest BCUT2D eigenvalue weighted by Gasteiger charge is -2.13. The summed E-state index contributed by atoms with van der Waals surface area (Å²) >= 11 is 3.43. The largest absolute Gasteiger partial charge is 0.361 e. The molecule has 17 heavy (non-hydrogen) atoms. The third-order valence-electron chi connectivity index (χ3n) is 2.64. The van der Waals surface area contributed by atoms with Crippen molar-refractivity contribution in [3.63, 3.8) is 0 Å². The highest BCUT2D eigenvalue weighted by Crippen LogP contribution is 2.16. The zero-order valence-corrected chi connectivity index (χ0v) is 11.5. The maximum absolute atomic E-state index is 5.02. The first-order valence-corrected chi connectivity index (χ1v) is 6.35. The lowest BCUT2D eigenvalue weighted by Crippen LogP contribution is -2.18. The maximum Gasteiger partial charge on any atom is 0.133 e. The minimum Gasteiger partial charge on any atom is -0.361 e. The van der Waals surface area contributed by atoms with Crippen LogP contribution in [0.5, 0.6) is 0 Å². The lowest BCUT2D eigenvalue weighted by molar-refractivity contribution is 0.386. The quantitative estimate of drug-likeness (QED) is 0.936. The molecule has 0 radical (unpaired) electrons. The van der Waals surface area contributed by atoms with Crippen LogP contribution in [0.4, 0.5) is 0 Å². The van der Waals surface area contributed by atoms with Crippen LogP contribution in [-0.4, -0.2) is 5.16 Å². The molecule has 1 aromatic heterocycles. The summed E-state index contributed by atoms with van der Waals surface area (Å²) in [7, 11) is 0. The van der Waals surface area contributed by atoms with Crippen molar-refractivity contribution < 1.29 is 4.52 Å². The Labute approximate surface area is 109 Å². The molecule has 1 unspecified atom stereocenters.